The SMILES string of the molecule is CC(=O)OC1CCCC1.C[C@]12CC[C@H]3[C@@H](CCC4=CC(=O)CC[C@@]43C)[C@@H]1CC[C@@H]2O. The lowest BCUT2D eigenvalue weighted by Gasteiger charge is -2.57. The van der Waals surface area contributed by atoms with Crippen molar-refractivity contribution in [3.63, 3.8) is 0 Å². The summed E-state index contributed by atoms with van der Waals surface area (Å²) in [5, 5.41) is 10.4. The van der Waals surface area contributed by atoms with E-state index in [1.807, 2.05) is 6.08 Å². The number of fused-ring (bicyclic) bond motifs is 5. The number of esters is 1. The number of rotatable bonds is 1. The molecule has 0 heterocycles. The van der Waals surface area contributed by atoms with Gasteiger partial charge in [0.1, 0.15) is 6.10 Å². The summed E-state index contributed by atoms with van der Waals surface area (Å²) >= 11 is 0. The third-order valence-electron chi connectivity index (χ3n) is 9.55. The van der Waals surface area contributed by atoms with Crippen molar-refractivity contribution in [2.45, 2.75) is 110 Å². The third kappa shape index (κ3) is 3.89. The summed E-state index contributed by atoms with van der Waals surface area (Å²) in [4.78, 5) is 22.2. The molecule has 6 atom stereocenters. The second kappa shape index (κ2) is 8.41. The fourth-order valence-electron chi connectivity index (χ4n) is 7.77. The van der Waals surface area contributed by atoms with Gasteiger partial charge in [-0.15, -0.1) is 0 Å². The van der Waals surface area contributed by atoms with Crippen LogP contribution in [-0.2, 0) is 14.3 Å². The van der Waals surface area contributed by atoms with Crippen molar-refractivity contribution in [1.29, 1.82) is 0 Å². The van der Waals surface area contributed by atoms with Gasteiger partial charge in [-0.25, -0.2) is 0 Å². The van der Waals surface area contributed by atoms with E-state index in [9.17, 15) is 14.7 Å². The van der Waals surface area contributed by atoms with Crippen molar-refractivity contribution in [3.05, 3.63) is 11.6 Å². The molecule has 4 fully saturated rings. The van der Waals surface area contributed by atoms with Crippen LogP contribution in [0.5, 0.6) is 0 Å². The predicted molar refractivity (Wildman–Crippen MR) is 117 cm³/mol. The average molecular weight is 417 g/mol. The van der Waals surface area contributed by atoms with E-state index in [2.05, 4.69) is 13.8 Å². The van der Waals surface area contributed by atoms with Crippen LogP contribution in [0.3, 0.4) is 0 Å². The maximum Gasteiger partial charge on any atom is 0.302 e. The summed E-state index contributed by atoms with van der Waals surface area (Å²) in [5.41, 5.74) is 1.89. The molecule has 30 heavy (non-hydrogen) atoms. The van der Waals surface area contributed by atoms with E-state index in [1.54, 1.807) is 0 Å². The molecule has 0 saturated heterocycles. The van der Waals surface area contributed by atoms with Gasteiger partial charge in [0.15, 0.2) is 5.78 Å². The van der Waals surface area contributed by atoms with Gasteiger partial charge >= 0.3 is 5.97 Å². The van der Waals surface area contributed by atoms with Crippen LogP contribution in [-0.4, -0.2) is 29.1 Å². The van der Waals surface area contributed by atoms with Gasteiger partial charge in [-0.05, 0) is 105 Å². The van der Waals surface area contributed by atoms with Crippen LogP contribution in [0.2, 0.25) is 0 Å². The second-order valence-corrected chi connectivity index (χ2v) is 11.1. The second-order valence-electron chi connectivity index (χ2n) is 11.1. The quantitative estimate of drug-likeness (QED) is 0.584. The lowest BCUT2D eigenvalue weighted by Crippen LogP contribution is -2.51. The number of ketones is 1. The Labute approximate surface area is 181 Å². The molecule has 4 heteroatoms. The minimum atomic E-state index is -0.137. The smallest absolute Gasteiger partial charge is 0.302 e. The lowest BCUT2D eigenvalue weighted by atomic mass is 9.47. The number of aliphatic hydroxyl groups excluding tert-OH is 1. The van der Waals surface area contributed by atoms with Gasteiger partial charge in [-0.2, -0.15) is 0 Å². The zero-order valence-electron chi connectivity index (χ0n) is 19.1. The fraction of sp³-hybridized carbons (Fsp3) is 0.846. The van der Waals surface area contributed by atoms with E-state index in [-0.39, 0.29) is 29.0 Å². The van der Waals surface area contributed by atoms with E-state index in [4.69, 9.17) is 4.74 Å². The van der Waals surface area contributed by atoms with Crippen LogP contribution < -0.4 is 0 Å². The van der Waals surface area contributed by atoms with Gasteiger partial charge in [-0.1, -0.05) is 19.4 Å². The standard InChI is InChI=1S/C19H28O2.C7H12O2/c1-18-9-7-13(20)11-12(18)3-4-14-15-5-6-17(21)19(15,2)10-8-16(14)18;1-6(8)9-7-4-2-3-5-7/h11,14-17,21H,3-10H2,1-2H3;7H,2-5H2,1H3/t14-,15-,16-,17-,18-,19-;/m0./s1. The molecule has 1 N–H and O–H groups in total. The first-order valence-electron chi connectivity index (χ1n) is 12.3. The molecule has 4 saturated carbocycles. The Morgan fingerprint density at radius 3 is 2.43 bits per heavy atom. The number of carbonyl (C=O) groups is 2. The Kier molecular flexibility index (Phi) is 6.18. The molecular formula is C26H40O4. The van der Waals surface area contributed by atoms with Gasteiger partial charge in [-0.3, -0.25) is 9.59 Å². The van der Waals surface area contributed by atoms with Gasteiger partial charge < -0.3 is 9.84 Å². The molecule has 0 radical (unpaired) electrons. The number of hydrogen-bond donors (Lipinski definition) is 1. The number of ether oxygens (including phenoxy) is 1. The lowest BCUT2D eigenvalue weighted by molar-refractivity contribution is -0.145. The summed E-state index contributed by atoms with van der Waals surface area (Å²) < 4.78 is 4.97. The molecule has 0 aromatic carbocycles. The van der Waals surface area contributed by atoms with E-state index in [0.717, 1.165) is 50.4 Å². The first kappa shape index (κ1) is 22.0. The molecule has 5 rings (SSSR count). The maximum absolute atomic E-state index is 11.8. The number of carbonyl (C=O) groups excluding carboxylic acids is 2. The molecule has 5 aliphatic carbocycles. The minimum absolute atomic E-state index is 0.0823. The van der Waals surface area contributed by atoms with Gasteiger partial charge in [0.25, 0.3) is 0 Å². The largest absolute Gasteiger partial charge is 0.463 e. The Balaban J connectivity index is 0.000000204. The Morgan fingerprint density at radius 2 is 1.73 bits per heavy atom. The highest BCUT2D eigenvalue weighted by Gasteiger charge is 2.58. The summed E-state index contributed by atoms with van der Waals surface area (Å²) in [6.07, 6.45) is 15.5. The highest BCUT2D eigenvalue weighted by Crippen LogP contribution is 2.65. The van der Waals surface area contributed by atoms with Crippen LogP contribution in [0.4, 0.5) is 0 Å². The van der Waals surface area contributed by atoms with Gasteiger partial charge in [0, 0.05) is 13.3 Å². The van der Waals surface area contributed by atoms with Gasteiger partial charge in [0.2, 0.25) is 0 Å². The minimum Gasteiger partial charge on any atom is -0.463 e. The zero-order chi connectivity index (χ0) is 21.5. The van der Waals surface area contributed by atoms with Crippen LogP contribution in [0, 0.1) is 28.6 Å². The number of hydrogen-bond acceptors (Lipinski definition) is 4. The maximum atomic E-state index is 11.8. The zero-order valence-corrected chi connectivity index (χ0v) is 19.1. The first-order valence-corrected chi connectivity index (χ1v) is 12.3. The average Bonchev–Trinajstić information content (AvgIpc) is 3.30. The van der Waals surface area contributed by atoms with Crippen molar-refractivity contribution in [2.24, 2.45) is 28.6 Å². The van der Waals surface area contributed by atoms with E-state index in [0.29, 0.717) is 11.7 Å². The third-order valence-corrected chi connectivity index (χ3v) is 9.55. The van der Waals surface area contributed by atoms with Crippen molar-refractivity contribution in [1.82, 2.24) is 0 Å². The number of allylic oxidation sites excluding steroid dienone is 1. The van der Waals surface area contributed by atoms with E-state index >= 15 is 0 Å². The Hall–Kier alpha value is -1.16. The molecule has 5 aliphatic rings. The van der Waals surface area contributed by atoms with Crippen molar-refractivity contribution in [3.8, 4) is 0 Å². The molecule has 0 spiro atoms. The highest BCUT2D eigenvalue weighted by molar-refractivity contribution is 5.91. The van der Waals surface area contributed by atoms with Crippen molar-refractivity contribution in [2.75, 3.05) is 0 Å². The summed E-state index contributed by atoms with van der Waals surface area (Å²) in [7, 11) is 0. The van der Waals surface area contributed by atoms with E-state index in [1.165, 1.54) is 51.0 Å². The molecule has 0 aliphatic heterocycles. The van der Waals surface area contributed by atoms with Crippen LogP contribution in [0.1, 0.15) is 97.8 Å². The fourth-order valence-corrected chi connectivity index (χ4v) is 7.77. The Morgan fingerprint density at radius 1 is 1.00 bits per heavy atom. The topological polar surface area (TPSA) is 63.6 Å². The van der Waals surface area contributed by atoms with Crippen LogP contribution in [0.25, 0.3) is 0 Å². The van der Waals surface area contributed by atoms with Gasteiger partial charge in [0.05, 0.1) is 6.10 Å². The van der Waals surface area contributed by atoms with Crippen molar-refractivity contribution < 1.29 is 19.4 Å². The molecule has 4 nitrogen and oxygen atoms in total. The summed E-state index contributed by atoms with van der Waals surface area (Å²) in [6.45, 7) is 6.23. The molecule has 0 aromatic rings. The Bertz CT molecular complexity index is 706. The number of aliphatic hydroxyl groups is 1. The molecule has 0 aromatic heterocycles. The normalized spacial score (nSPS) is 42.9. The molecule has 0 unspecified atom stereocenters. The molecule has 168 valence electrons. The summed E-state index contributed by atoms with van der Waals surface area (Å²) in [6, 6.07) is 0. The predicted octanol–water partition coefficient (Wildman–Crippen LogP) is 5.37. The first-order chi connectivity index (χ1) is 14.2. The van der Waals surface area contributed by atoms with E-state index < -0.39 is 0 Å². The van der Waals surface area contributed by atoms with Crippen molar-refractivity contribution >= 4 is 11.8 Å². The highest BCUT2D eigenvalue weighted by atomic mass is 16.5. The molecular weight excluding hydrogens is 376 g/mol. The van der Waals surface area contributed by atoms with Crippen LogP contribution >= 0.6 is 0 Å². The summed E-state index contributed by atoms with van der Waals surface area (Å²) in [5.74, 6) is 2.44. The molecule has 0 amide bonds. The monoisotopic (exact) mass is 416 g/mol. The van der Waals surface area contributed by atoms with Crippen LogP contribution in [0.15, 0.2) is 11.6 Å². The molecule has 0 bridgehead atoms.